The van der Waals surface area contributed by atoms with E-state index in [1.165, 1.54) is 0 Å². The Kier molecular flexibility index (Phi) is 3.60. The Morgan fingerprint density at radius 1 is 1.35 bits per heavy atom. The van der Waals surface area contributed by atoms with Crippen molar-refractivity contribution in [1.29, 1.82) is 0 Å². The first kappa shape index (κ1) is 15.1. The van der Waals surface area contributed by atoms with E-state index in [4.69, 9.17) is 5.73 Å². The average molecular weight is 312 g/mol. The highest BCUT2D eigenvalue weighted by Gasteiger charge is 2.19. The van der Waals surface area contributed by atoms with E-state index in [2.05, 4.69) is 28.7 Å². The van der Waals surface area contributed by atoms with E-state index >= 15 is 0 Å². The van der Waals surface area contributed by atoms with Gasteiger partial charge in [0.2, 0.25) is 0 Å². The quantitative estimate of drug-likeness (QED) is 0.688. The number of hydrogen-bond donors (Lipinski definition) is 3. The van der Waals surface area contributed by atoms with Crippen LogP contribution in [0.4, 0.5) is 11.4 Å². The second-order valence-corrected chi connectivity index (χ2v) is 5.54. The number of carboxylic acids is 1. The standard InChI is InChI=1S/C17H20N4O2/c1-4-21(5-2)10-6-7-12-11(8-10)15-13(9(3)19-12)14(18)16(20-15)17(22)23/h6-8,20H,4-5,18H2,1-3H3,(H,22,23). The predicted molar refractivity (Wildman–Crippen MR) is 93.3 cm³/mol. The number of pyridine rings is 1. The van der Waals surface area contributed by atoms with Crippen LogP contribution >= 0.6 is 0 Å². The molecule has 120 valence electrons. The number of fused-ring (bicyclic) bond motifs is 3. The van der Waals surface area contributed by atoms with Crippen molar-refractivity contribution in [2.45, 2.75) is 20.8 Å². The van der Waals surface area contributed by atoms with Crippen LogP contribution < -0.4 is 10.6 Å². The third-order valence-corrected chi connectivity index (χ3v) is 4.28. The average Bonchev–Trinajstić information content (AvgIpc) is 2.88. The molecule has 0 aliphatic carbocycles. The summed E-state index contributed by atoms with van der Waals surface area (Å²) < 4.78 is 0. The summed E-state index contributed by atoms with van der Waals surface area (Å²) in [6.45, 7) is 7.85. The molecule has 2 aromatic heterocycles. The first-order chi connectivity index (χ1) is 11.0. The van der Waals surface area contributed by atoms with Gasteiger partial charge in [0.1, 0.15) is 5.69 Å². The van der Waals surface area contributed by atoms with Crippen molar-refractivity contribution in [2.75, 3.05) is 23.7 Å². The maximum Gasteiger partial charge on any atom is 0.354 e. The molecule has 23 heavy (non-hydrogen) atoms. The van der Waals surface area contributed by atoms with E-state index in [1.54, 1.807) is 0 Å². The van der Waals surface area contributed by atoms with Crippen LogP contribution in [-0.2, 0) is 0 Å². The molecule has 0 amide bonds. The zero-order chi connectivity index (χ0) is 16.7. The molecule has 4 N–H and O–H groups in total. The lowest BCUT2D eigenvalue weighted by molar-refractivity contribution is 0.0692. The molecule has 0 aliphatic heterocycles. The van der Waals surface area contributed by atoms with E-state index < -0.39 is 5.97 Å². The van der Waals surface area contributed by atoms with Gasteiger partial charge in [0.15, 0.2) is 0 Å². The molecule has 0 fully saturated rings. The maximum absolute atomic E-state index is 11.4. The number of anilines is 2. The minimum absolute atomic E-state index is 0.0191. The molecule has 3 rings (SSSR count). The summed E-state index contributed by atoms with van der Waals surface area (Å²) in [5.41, 5.74) is 9.65. The third kappa shape index (κ3) is 2.27. The zero-order valence-electron chi connectivity index (χ0n) is 13.5. The lowest BCUT2D eigenvalue weighted by Crippen LogP contribution is -2.21. The lowest BCUT2D eigenvalue weighted by Gasteiger charge is -2.21. The monoisotopic (exact) mass is 312 g/mol. The van der Waals surface area contributed by atoms with E-state index in [0.29, 0.717) is 5.39 Å². The number of aromatic amines is 1. The van der Waals surface area contributed by atoms with Crippen molar-refractivity contribution in [3.63, 3.8) is 0 Å². The van der Waals surface area contributed by atoms with Crippen LogP contribution in [0, 0.1) is 6.92 Å². The van der Waals surface area contributed by atoms with Gasteiger partial charge in [-0.2, -0.15) is 0 Å². The van der Waals surface area contributed by atoms with Crippen LogP contribution in [-0.4, -0.2) is 34.1 Å². The molecule has 6 nitrogen and oxygen atoms in total. The number of aromatic carboxylic acids is 1. The summed E-state index contributed by atoms with van der Waals surface area (Å²) >= 11 is 0. The number of H-pyrrole nitrogens is 1. The largest absolute Gasteiger partial charge is 0.477 e. The number of nitrogen functional groups attached to an aromatic ring is 1. The van der Waals surface area contributed by atoms with Crippen molar-refractivity contribution in [1.82, 2.24) is 9.97 Å². The fraction of sp³-hybridized carbons (Fsp3) is 0.294. The summed E-state index contributed by atoms with van der Waals surface area (Å²) in [5, 5.41) is 10.9. The lowest BCUT2D eigenvalue weighted by atomic mass is 10.1. The van der Waals surface area contributed by atoms with Gasteiger partial charge < -0.3 is 20.7 Å². The summed E-state index contributed by atoms with van der Waals surface area (Å²) in [5.74, 6) is -1.06. The van der Waals surface area contributed by atoms with Crippen molar-refractivity contribution in [3.05, 3.63) is 29.6 Å². The van der Waals surface area contributed by atoms with Crippen LogP contribution in [0.1, 0.15) is 30.0 Å². The Labute approximate surface area is 133 Å². The van der Waals surface area contributed by atoms with E-state index in [0.717, 1.165) is 40.9 Å². The maximum atomic E-state index is 11.4. The number of nitrogens with two attached hydrogens (primary N) is 1. The summed E-state index contributed by atoms with van der Waals surface area (Å²) in [6.07, 6.45) is 0. The number of hydrogen-bond acceptors (Lipinski definition) is 4. The van der Waals surface area contributed by atoms with Crippen LogP contribution in [0.25, 0.3) is 21.8 Å². The highest BCUT2D eigenvalue weighted by atomic mass is 16.4. The number of carboxylic acid groups (broad SMARTS) is 1. The molecule has 0 spiro atoms. The molecule has 6 heteroatoms. The molecule has 2 heterocycles. The Hall–Kier alpha value is -2.76. The third-order valence-electron chi connectivity index (χ3n) is 4.28. The topological polar surface area (TPSA) is 95.2 Å². The predicted octanol–water partition coefficient (Wildman–Crippen LogP) is 3.15. The molecule has 0 saturated heterocycles. The SMILES string of the molecule is CCN(CC)c1ccc2nc(C)c3c(N)c(C(=O)O)[nH]c3c2c1. The van der Waals surface area contributed by atoms with Crippen molar-refractivity contribution in [2.24, 2.45) is 0 Å². The molecule has 3 aromatic rings. The van der Waals surface area contributed by atoms with Crippen LogP contribution in [0.3, 0.4) is 0 Å². The number of benzene rings is 1. The number of nitrogens with zero attached hydrogens (tertiary/aromatic N) is 2. The fourth-order valence-electron chi connectivity index (χ4n) is 3.10. The normalized spacial score (nSPS) is 11.3. The number of rotatable bonds is 4. The van der Waals surface area contributed by atoms with Gasteiger partial charge in [0, 0.05) is 35.2 Å². The molecular weight excluding hydrogens is 292 g/mol. The first-order valence-electron chi connectivity index (χ1n) is 7.67. The van der Waals surface area contributed by atoms with Crippen molar-refractivity contribution >= 4 is 39.1 Å². The summed E-state index contributed by atoms with van der Waals surface area (Å²) in [4.78, 5) is 21.1. The minimum Gasteiger partial charge on any atom is -0.477 e. The number of aromatic nitrogens is 2. The smallest absolute Gasteiger partial charge is 0.354 e. The number of carbonyl (C=O) groups is 1. The Balaban J connectivity index is 2.37. The Bertz CT molecular complexity index is 910. The molecule has 0 aliphatic rings. The second kappa shape index (κ2) is 5.46. The summed E-state index contributed by atoms with van der Waals surface area (Å²) in [7, 11) is 0. The van der Waals surface area contributed by atoms with Gasteiger partial charge in [-0.25, -0.2) is 4.79 Å². The highest BCUT2D eigenvalue weighted by molar-refractivity contribution is 6.14. The minimum atomic E-state index is -1.06. The Morgan fingerprint density at radius 3 is 2.65 bits per heavy atom. The molecule has 0 atom stereocenters. The van der Waals surface area contributed by atoms with Gasteiger partial charge >= 0.3 is 5.97 Å². The van der Waals surface area contributed by atoms with Crippen LogP contribution in [0.5, 0.6) is 0 Å². The van der Waals surface area contributed by atoms with Gasteiger partial charge in [-0.1, -0.05) is 0 Å². The Morgan fingerprint density at radius 2 is 2.04 bits per heavy atom. The first-order valence-corrected chi connectivity index (χ1v) is 7.67. The molecule has 1 aromatic carbocycles. The van der Waals surface area contributed by atoms with Gasteiger partial charge in [-0.3, -0.25) is 4.98 Å². The second-order valence-electron chi connectivity index (χ2n) is 5.54. The summed E-state index contributed by atoms with van der Waals surface area (Å²) in [6, 6.07) is 6.05. The van der Waals surface area contributed by atoms with Crippen molar-refractivity contribution < 1.29 is 9.90 Å². The van der Waals surface area contributed by atoms with Crippen LogP contribution in [0.2, 0.25) is 0 Å². The fourth-order valence-corrected chi connectivity index (χ4v) is 3.10. The van der Waals surface area contributed by atoms with E-state index in [1.807, 2.05) is 25.1 Å². The van der Waals surface area contributed by atoms with E-state index in [-0.39, 0.29) is 11.4 Å². The number of nitrogens with one attached hydrogen (secondary N) is 1. The molecule has 0 bridgehead atoms. The van der Waals surface area contributed by atoms with Gasteiger partial charge in [0.25, 0.3) is 0 Å². The number of aryl methyl sites for hydroxylation is 1. The zero-order valence-corrected chi connectivity index (χ0v) is 13.5. The van der Waals surface area contributed by atoms with Crippen molar-refractivity contribution in [3.8, 4) is 0 Å². The molecule has 0 unspecified atom stereocenters. The highest BCUT2D eigenvalue weighted by Crippen LogP contribution is 2.34. The van der Waals surface area contributed by atoms with Crippen LogP contribution in [0.15, 0.2) is 18.2 Å². The molecule has 0 radical (unpaired) electrons. The van der Waals surface area contributed by atoms with E-state index in [9.17, 15) is 9.90 Å². The van der Waals surface area contributed by atoms with Gasteiger partial charge in [-0.05, 0) is 39.0 Å². The molecule has 0 saturated carbocycles. The van der Waals surface area contributed by atoms with Gasteiger partial charge in [-0.15, -0.1) is 0 Å². The van der Waals surface area contributed by atoms with Gasteiger partial charge in [0.05, 0.1) is 16.7 Å². The molecular formula is C17H20N4O2.